The van der Waals surface area contributed by atoms with E-state index in [4.69, 9.17) is 45.6 Å². The minimum atomic E-state index is -0.862. The number of methoxy groups -OCH3 is 1. The summed E-state index contributed by atoms with van der Waals surface area (Å²) in [6.07, 6.45) is 0. The van der Waals surface area contributed by atoms with Crippen molar-refractivity contribution in [3.05, 3.63) is 135 Å². The van der Waals surface area contributed by atoms with Crippen LogP contribution in [0, 0.1) is 6.92 Å². The molecule has 0 saturated carbocycles. The number of hydrogen-bond donors (Lipinski definition) is 2. The first-order valence-electron chi connectivity index (χ1n) is 18.3. The molecule has 0 amide bonds. The van der Waals surface area contributed by atoms with Crippen molar-refractivity contribution >= 4 is 68.8 Å². The van der Waals surface area contributed by atoms with E-state index in [1.807, 2.05) is 133 Å². The Hall–Kier alpha value is -3.46. The van der Waals surface area contributed by atoms with E-state index in [1.54, 1.807) is 19.1 Å². The van der Waals surface area contributed by atoms with Crippen molar-refractivity contribution in [1.29, 1.82) is 0 Å². The zero-order valence-electron chi connectivity index (χ0n) is 36.0. The third kappa shape index (κ3) is 13.5. The number of hydrogen-bond acceptors (Lipinski definition) is 9. The summed E-state index contributed by atoms with van der Waals surface area (Å²) in [6, 6.07) is 30.2. The summed E-state index contributed by atoms with van der Waals surface area (Å²) in [5.41, 5.74) is 8.07. The normalized spacial score (nSPS) is 13.6. The molecule has 0 atom stereocenters. The van der Waals surface area contributed by atoms with Crippen LogP contribution in [-0.2, 0) is 41.4 Å². The molecule has 1 aliphatic heterocycles. The number of halogens is 2. The topological polar surface area (TPSA) is 148 Å². The zero-order valence-corrected chi connectivity index (χ0v) is 39.3. The molecule has 0 unspecified atom stereocenters. The average molecular weight is 889 g/mol. The first kappa shape index (κ1) is 50.7. The van der Waals surface area contributed by atoms with E-state index < -0.39 is 24.5 Å². The second kappa shape index (κ2) is 22.8. The van der Waals surface area contributed by atoms with Gasteiger partial charge in [0.05, 0.1) is 41.8 Å². The number of nitrogens with two attached hydrogens (primary N) is 1. The van der Waals surface area contributed by atoms with Gasteiger partial charge in [-0.15, -0.1) is 11.6 Å². The molecule has 0 spiro atoms. The Kier molecular flexibility index (Phi) is 19.9. The molecule has 1 fully saturated rings. The molecule has 2 heterocycles. The molecule has 306 valence electrons. The largest absolute Gasteiger partial charge is 1.00 e. The van der Waals surface area contributed by atoms with Crippen LogP contribution in [0.4, 0.5) is 0 Å². The van der Waals surface area contributed by atoms with Crippen LogP contribution in [-0.4, -0.2) is 55.1 Å². The molecule has 0 bridgehead atoms. The number of aryl methyl sites for hydroxylation is 1. The van der Waals surface area contributed by atoms with Crippen molar-refractivity contribution in [2.75, 3.05) is 13.7 Å². The summed E-state index contributed by atoms with van der Waals surface area (Å²) < 4.78 is 27.9. The number of alkyl halides is 1. The van der Waals surface area contributed by atoms with Crippen LogP contribution in [0.25, 0.3) is 10.8 Å². The van der Waals surface area contributed by atoms with Crippen molar-refractivity contribution in [3.8, 4) is 0 Å². The number of fused-ring (bicyclic) bond motifs is 1. The van der Waals surface area contributed by atoms with Crippen molar-refractivity contribution in [3.63, 3.8) is 0 Å². The summed E-state index contributed by atoms with van der Waals surface area (Å²) in [5.74, 6) is -0.543. The van der Waals surface area contributed by atoms with Gasteiger partial charge in [0, 0.05) is 11.0 Å². The van der Waals surface area contributed by atoms with Gasteiger partial charge in [0.2, 0.25) is 5.76 Å². The first-order valence-corrected chi connectivity index (χ1v) is 19.7. The fraction of sp³-hybridized carbons (Fsp3) is 0.341. The number of carboxylic acids is 1. The van der Waals surface area contributed by atoms with Gasteiger partial charge < -0.3 is 35.5 Å². The van der Waals surface area contributed by atoms with E-state index in [-0.39, 0.29) is 59.8 Å². The van der Waals surface area contributed by atoms with Crippen molar-refractivity contribution in [2.24, 2.45) is 5.73 Å². The molecular weight excluding hydrogens is 836 g/mol. The number of carbonyl (C=O) groups is 3. The van der Waals surface area contributed by atoms with E-state index >= 15 is 0 Å². The van der Waals surface area contributed by atoms with Crippen molar-refractivity contribution in [1.82, 2.24) is 0 Å². The molecule has 58 heavy (non-hydrogen) atoms. The van der Waals surface area contributed by atoms with Gasteiger partial charge in [-0.05, 0) is 113 Å². The van der Waals surface area contributed by atoms with Gasteiger partial charge in [0.15, 0.2) is 0 Å². The number of carbonyl (C=O) groups excluding carboxylic acids is 2. The van der Waals surface area contributed by atoms with Crippen molar-refractivity contribution in [2.45, 2.75) is 84.4 Å². The van der Waals surface area contributed by atoms with Gasteiger partial charge in [0.1, 0.15) is 5.76 Å². The maximum absolute atomic E-state index is 12.0. The molecule has 6 rings (SSSR count). The van der Waals surface area contributed by atoms with Crippen LogP contribution in [0.5, 0.6) is 0 Å². The number of benzene rings is 4. The van der Waals surface area contributed by atoms with Crippen molar-refractivity contribution < 1.29 is 73.7 Å². The summed E-state index contributed by atoms with van der Waals surface area (Å²) in [5, 5.41) is 10.8. The van der Waals surface area contributed by atoms with Gasteiger partial charge in [-0.25, -0.2) is 9.59 Å². The van der Waals surface area contributed by atoms with Crippen LogP contribution in [0.1, 0.15) is 93.3 Å². The summed E-state index contributed by atoms with van der Waals surface area (Å²) in [7, 11) is 0.973. The number of aromatic carboxylic acids is 1. The van der Waals surface area contributed by atoms with Crippen LogP contribution in [0.3, 0.4) is 0 Å². The molecule has 3 N–H and O–H groups in total. The molecule has 1 aliphatic rings. The number of rotatable bonds is 8. The maximum Gasteiger partial charge on any atom is 1.00 e. The van der Waals surface area contributed by atoms with Gasteiger partial charge >= 0.3 is 54.6 Å². The zero-order chi connectivity index (χ0) is 42.6. The van der Waals surface area contributed by atoms with Gasteiger partial charge in [0.25, 0.3) is 0 Å². The van der Waals surface area contributed by atoms with E-state index in [0.29, 0.717) is 24.5 Å². The molecule has 4 aromatic carbocycles. The summed E-state index contributed by atoms with van der Waals surface area (Å²) in [6.45, 7) is 16.3. The maximum atomic E-state index is 12.0. The first-order chi connectivity index (χ1) is 26.8. The standard InChI is InChI=1S/C17H25BO4.C12H10O2.C8H9ClO3.C7H8BrN.Na.H/c1-15(2,14(19)20-7)12-9-8-10-13(11-12)18-21-16(3,4)17(5,6)22-18;1-8-6-7-9-4-2-3-5-10(9)11(8)12(13)14;1-2-11-8(10)7-4-3-6(5-9)12-7;8-7-3-1-6(5-9)2-4-7;;/h8-11H,1-7H3;2-7H,1H3,(H,13,14);3-4H,2,5H2,1H3;1-4H,5,9H2;;/q;;;;+1;-1. The summed E-state index contributed by atoms with van der Waals surface area (Å²) >= 11 is 8.81. The predicted octanol–water partition coefficient (Wildman–Crippen LogP) is 6.50. The average Bonchev–Trinajstić information content (AvgIpc) is 3.76. The molecule has 1 saturated heterocycles. The Morgan fingerprint density at radius 3 is 2.07 bits per heavy atom. The van der Waals surface area contributed by atoms with E-state index in [1.165, 1.54) is 12.7 Å². The number of carboxylic acid groups (broad SMARTS) is 1. The third-order valence-corrected chi connectivity index (χ3v) is 10.4. The Balaban J connectivity index is 0.000000410. The molecule has 14 heteroatoms. The Morgan fingerprint density at radius 2 is 1.53 bits per heavy atom. The monoisotopic (exact) mass is 887 g/mol. The van der Waals surface area contributed by atoms with Crippen LogP contribution in [0.15, 0.2) is 106 Å². The van der Waals surface area contributed by atoms with E-state index in [2.05, 4.69) is 15.9 Å². The van der Waals surface area contributed by atoms with Gasteiger partial charge in [-0.1, -0.05) is 88.7 Å². The summed E-state index contributed by atoms with van der Waals surface area (Å²) in [4.78, 5) is 34.0. The Bertz CT molecular complexity index is 2110. The minimum absolute atomic E-state index is 0. The Labute approximate surface area is 379 Å². The minimum Gasteiger partial charge on any atom is -1.00 e. The van der Waals surface area contributed by atoms with Crippen LogP contribution >= 0.6 is 27.5 Å². The number of furan rings is 1. The Morgan fingerprint density at radius 1 is 0.914 bits per heavy atom. The fourth-order valence-electron chi connectivity index (χ4n) is 5.47. The SMILES string of the molecule is CCOC(=O)c1ccc(CCl)o1.COC(=O)C(C)(C)c1cccc(B2OC(C)(C)C(C)(C)O2)c1.Cc1ccc2ccccc2c1C(=O)O.NCc1ccc(Br)cc1.[H-].[Na+]. The molecule has 1 aromatic heterocycles. The number of esters is 2. The van der Waals surface area contributed by atoms with E-state index in [0.717, 1.165) is 31.8 Å². The second-order valence-electron chi connectivity index (χ2n) is 14.6. The van der Waals surface area contributed by atoms with Crippen LogP contribution < -0.4 is 40.8 Å². The number of ether oxygens (including phenoxy) is 2. The quantitative estimate of drug-likeness (QED) is 0.101. The molecular formula is C44H53BBrClNNaO9. The molecule has 5 aromatic rings. The molecule has 0 aliphatic carbocycles. The van der Waals surface area contributed by atoms with Gasteiger partial charge in [-0.3, -0.25) is 4.79 Å². The van der Waals surface area contributed by atoms with Crippen LogP contribution in [0.2, 0.25) is 0 Å². The predicted molar refractivity (Wildman–Crippen MR) is 230 cm³/mol. The third-order valence-electron chi connectivity index (χ3n) is 9.60. The smallest absolute Gasteiger partial charge is 1.00 e. The van der Waals surface area contributed by atoms with Gasteiger partial charge in [-0.2, -0.15) is 0 Å². The fourth-order valence-corrected chi connectivity index (χ4v) is 5.88. The second-order valence-corrected chi connectivity index (χ2v) is 15.7. The molecule has 10 nitrogen and oxygen atoms in total. The molecule has 0 radical (unpaired) electrons. The van der Waals surface area contributed by atoms with E-state index in [9.17, 15) is 14.4 Å².